The van der Waals surface area contributed by atoms with Gasteiger partial charge in [0.1, 0.15) is 11.6 Å². The monoisotopic (exact) mass is 419 g/mol. The first-order valence-corrected chi connectivity index (χ1v) is 10.3. The molecule has 5 rings (SSSR count). The molecule has 3 aliphatic rings. The molecule has 10 heteroatoms. The summed E-state index contributed by atoms with van der Waals surface area (Å²) in [7, 11) is 0. The van der Waals surface area contributed by atoms with Crippen LogP contribution >= 0.6 is 0 Å². The van der Waals surface area contributed by atoms with Crippen molar-refractivity contribution in [2.75, 3.05) is 18.4 Å². The molecule has 1 aromatic heterocycles. The lowest BCUT2D eigenvalue weighted by atomic mass is 10.1. The maximum atomic E-state index is 13.2. The molecule has 0 spiro atoms. The van der Waals surface area contributed by atoms with Crippen LogP contribution in [0.2, 0.25) is 0 Å². The summed E-state index contributed by atoms with van der Waals surface area (Å²) in [5.41, 5.74) is 0.372. The third kappa shape index (κ3) is 3.49. The molecule has 1 amide bonds. The zero-order valence-corrected chi connectivity index (χ0v) is 16.6. The van der Waals surface area contributed by atoms with Crippen LogP contribution in [0.25, 0.3) is 0 Å². The predicted molar refractivity (Wildman–Crippen MR) is 102 cm³/mol. The molecule has 3 heterocycles. The lowest BCUT2D eigenvalue weighted by Gasteiger charge is -2.33. The van der Waals surface area contributed by atoms with E-state index in [2.05, 4.69) is 29.6 Å². The third-order valence-corrected chi connectivity index (χ3v) is 6.09. The summed E-state index contributed by atoms with van der Waals surface area (Å²) in [6, 6.07) is 4.15. The minimum absolute atomic E-state index is 0.0393. The number of fused-ring (bicyclic) bond motifs is 2. The van der Waals surface area contributed by atoms with Crippen LogP contribution in [-0.2, 0) is 11.3 Å². The van der Waals surface area contributed by atoms with Gasteiger partial charge in [-0.25, -0.2) is 0 Å². The fourth-order valence-corrected chi connectivity index (χ4v) is 4.57. The van der Waals surface area contributed by atoms with E-state index in [4.69, 9.17) is 0 Å². The van der Waals surface area contributed by atoms with E-state index in [0.717, 1.165) is 18.2 Å². The standard InChI is InChI=1S/C20H23F2N5O3/c1-12-18-24-25-19(13-4-2-3-5-13)27(18)9-8-26(12)11-17(28)23-14-6-7-15-16(10-14)30-20(21,22)29-15/h6-7,10,12-13H,2-5,8-9,11H2,1H3,(H,23,28). The number of benzene rings is 1. The van der Waals surface area contributed by atoms with E-state index in [-0.39, 0.29) is 30.0 Å². The van der Waals surface area contributed by atoms with E-state index in [1.165, 1.54) is 43.9 Å². The summed E-state index contributed by atoms with van der Waals surface area (Å²) < 4.78 is 37.3. The molecule has 160 valence electrons. The zero-order chi connectivity index (χ0) is 20.9. The molecule has 0 radical (unpaired) electrons. The summed E-state index contributed by atoms with van der Waals surface area (Å²) in [6.45, 7) is 3.66. The normalized spacial score (nSPS) is 22.8. The highest BCUT2D eigenvalue weighted by atomic mass is 19.3. The van der Waals surface area contributed by atoms with Gasteiger partial charge in [-0.1, -0.05) is 12.8 Å². The Morgan fingerprint density at radius 2 is 1.90 bits per heavy atom. The van der Waals surface area contributed by atoms with Crippen LogP contribution < -0.4 is 14.8 Å². The first-order valence-electron chi connectivity index (χ1n) is 10.3. The highest BCUT2D eigenvalue weighted by Crippen LogP contribution is 2.42. The molecule has 0 bridgehead atoms. The molecule has 1 saturated carbocycles. The fraction of sp³-hybridized carbons (Fsp3) is 0.550. The summed E-state index contributed by atoms with van der Waals surface area (Å²) >= 11 is 0. The Hall–Kier alpha value is -2.75. The fourth-order valence-electron chi connectivity index (χ4n) is 4.57. The Kier molecular flexibility index (Phi) is 4.61. The first kappa shape index (κ1) is 19.2. The minimum Gasteiger partial charge on any atom is -0.395 e. The van der Waals surface area contributed by atoms with Gasteiger partial charge in [0, 0.05) is 30.8 Å². The van der Waals surface area contributed by atoms with Crippen molar-refractivity contribution in [1.29, 1.82) is 0 Å². The van der Waals surface area contributed by atoms with Gasteiger partial charge in [-0.15, -0.1) is 19.0 Å². The van der Waals surface area contributed by atoms with Gasteiger partial charge in [-0.3, -0.25) is 9.69 Å². The van der Waals surface area contributed by atoms with Crippen molar-refractivity contribution in [3.63, 3.8) is 0 Å². The van der Waals surface area contributed by atoms with Gasteiger partial charge in [-0.05, 0) is 31.9 Å². The maximum absolute atomic E-state index is 13.2. The van der Waals surface area contributed by atoms with Crippen molar-refractivity contribution >= 4 is 11.6 Å². The second-order valence-corrected chi connectivity index (χ2v) is 8.07. The molecular weight excluding hydrogens is 396 g/mol. The summed E-state index contributed by atoms with van der Waals surface area (Å²) in [5, 5.41) is 11.6. The number of nitrogens with zero attached hydrogens (tertiary/aromatic N) is 4. The molecule has 1 unspecified atom stereocenters. The number of anilines is 1. The first-order chi connectivity index (χ1) is 14.4. The number of halogens is 2. The Labute approximate surface area is 172 Å². The molecule has 1 N–H and O–H groups in total. The second kappa shape index (κ2) is 7.19. The van der Waals surface area contributed by atoms with Gasteiger partial charge in [0.25, 0.3) is 0 Å². The Bertz CT molecular complexity index is 973. The number of hydrogen-bond donors (Lipinski definition) is 1. The van der Waals surface area contributed by atoms with E-state index in [0.29, 0.717) is 18.2 Å². The van der Waals surface area contributed by atoms with Crippen LogP contribution in [0.3, 0.4) is 0 Å². The van der Waals surface area contributed by atoms with Crippen LogP contribution in [-0.4, -0.2) is 45.0 Å². The average molecular weight is 419 g/mol. The van der Waals surface area contributed by atoms with E-state index < -0.39 is 6.29 Å². The molecule has 0 saturated heterocycles. The smallest absolute Gasteiger partial charge is 0.395 e. The topological polar surface area (TPSA) is 81.5 Å². The van der Waals surface area contributed by atoms with Crippen LogP contribution in [0.5, 0.6) is 11.5 Å². The number of ether oxygens (including phenoxy) is 2. The molecular formula is C20H23F2N5O3. The van der Waals surface area contributed by atoms with Gasteiger partial charge in [0.05, 0.1) is 12.6 Å². The molecule has 30 heavy (non-hydrogen) atoms. The van der Waals surface area contributed by atoms with Crippen LogP contribution in [0.1, 0.15) is 56.2 Å². The predicted octanol–water partition coefficient (Wildman–Crippen LogP) is 3.27. The number of aromatic nitrogens is 3. The lowest BCUT2D eigenvalue weighted by molar-refractivity contribution is -0.286. The second-order valence-electron chi connectivity index (χ2n) is 8.07. The van der Waals surface area contributed by atoms with Crippen LogP contribution in [0.15, 0.2) is 18.2 Å². The van der Waals surface area contributed by atoms with Gasteiger partial charge < -0.3 is 19.4 Å². The van der Waals surface area contributed by atoms with Gasteiger partial charge >= 0.3 is 6.29 Å². The van der Waals surface area contributed by atoms with Crippen LogP contribution in [0.4, 0.5) is 14.5 Å². The summed E-state index contributed by atoms with van der Waals surface area (Å²) in [6.07, 6.45) is 1.14. The number of amides is 1. The lowest BCUT2D eigenvalue weighted by Crippen LogP contribution is -2.42. The average Bonchev–Trinajstić information content (AvgIpc) is 3.40. The Balaban J connectivity index is 1.23. The van der Waals surface area contributed by atoms with Crippen LogP contribution in [0, 0.1) is 0 Å². The molecule has 8 nitrogen and oxygen atoms in total. The Morgan fingerprint density at radius 3 is 2.70 bits per heavy atom. The number of carbonyl (C=O) groups excluding carboxylic acids is 1. The molecule has 2 aliphatic heterocycles. The number of nitrogens with one attached hydrogen (secondary N) is 1. The summed E-state index contributed by atoms with van der Waals surface area (Å²) in [5.74, 6) is 2.07. The Morgan fingerprint density at radius 1 is 1.17 bits per heavy atom. The van der Waals surface area contributed by atoms with Crippen molar-refractivity contribution in [3.05, 3.63) is 29.8 Å². The highest BCUT2D eigenvalue weighted by molar-refractivity contribution is 5.92. The van der Waals surface area contributed by atoms with E-state index in [1.54, 1.807) is 0 Å². The quantitative estimate of drug-likeness (QED) is 0.819. The third-order valence-electron chi connectivity index (χ3n) is 6.09. The van der Waals surface area contributed by atoms with Crippen molar-refractivity contribution in [2.24, 2.45) is 0 Å². The maximum Gasteiger partial charge on any atom is 0.586 e. The van der Waals surface area contributed by atoms with Crippen molar-refractivity contribution < 1.29 is 23.0 Å². The largest absolute Gasteiger partial charge is 0.586 e. The van der Waals surface area contributed by atoms with Gasteiger partial charge in [0.15, 0.2) is 11.5 Å². The minimum atomic E-state index is -3.68. The van der Waals surface area contributed by atoms with Crippen molar-refractivity contribution in [1.82, 2.24) is 19.7 Å². The molecule has 2 aromatic rings. The highest BCUT2D eigenvalue weighted by Gasteiger charge is 2.43. The molecule has 1 atom stereocenters. The van der Waals surface area contributed by atoms with Gasteiger partial charge in [0.2, 0.25) is 5.91 Å². The summed E-state index contributed by atoms with van der Waals surface area (Å²) in [4.78, 5) is 14.6. The molecule has 1 aromatic carbocycles. The number of hydrogen-bond acceptors (Lipinski definition) is 6. The van der Waals surface area contributed by atoms with Crippen molar-refractivity contribution in [2.45, 2.75) is 57.4 Å². The van der Waals surface area contributed by atoms with E-state index >= 15 is 0 Å². The molecule has 1 fully saturated rings. The van der Waals surface area contributed by atoms with Gasteiger partial charge in [-0.2, -0.15) is 0 Å². The van der Waals surface area contributed by atoms with E-state index in [1.807, 2.05) is 11.8 Å². The molecule has 1 aliphatic carbocycles. The number of rotatable bonds is 4. The van der Waals surface area contributed by atoms with Crippen molar-refractivity contribution in [3.8, 4) is 11.5 Å². The van der Waals surface area contributed by atoms with E-state index in [9.17, 15) is 13.6 Å². The number of carbonyl (C=O) groups is 1. The SMILES string of the molecule is CC1c2nnc(C3CCCC3)n2CCN1CC(=O)Nc1ccc2c(c1)OC(F)(F)O2. The number of alkyl halides is 2. The zero-order valence-electron chi connectivity index (χ0n) is 16.6.